The molecule has 0 radical (unpaired) electrons. The summed E-state index contributed by atoms with van der Waals surface area (Å²) < 4.78 is 5.68. The zero-order valence-corrected chi connectivity index (χ0v) is 17.8. The maximum absolute atomic E-state index is 12.7. The minimum atomic E-state index is -0.169. The van der Waals surface area contributed by atoms with Gasteiger partial charge in [-0.3, -0.25) is 4.98 Å². The molecule has 2 amide bonds. The minimum absolute atomic E-state index is 0.169. The van der Waals surface area contributed by atoms with Crippen LogP contribution in [-0.4, -0.2) is 47.1 Å². The first-order valence-electron chi connectivity index (χ1n) is 10.5. The number of carbonyl (C=O) groups is 1. The molecule has 32 heavy (non-hydrogen) atoms. The number of ether oxygens (including phenoxy) is 1. The van der Waals surface area contributed by atoms with Crippen LogP contribution in [0.4, 0.5) is 16.2 Å². The van der Waals surface area contributed by atoms with Crippen molar-refractivity contribution in [3.8, 4) is 17.7 Å². The molecule has 0 saturated carbocycles. The number of nitrogens with one attached hydrogen (secondary N) is 1. The molecular weight excluding hydrogens is 404 g/mol. The van der Waals surface area contributed by atoms with Crippen molar-refractivity contribution in [2.24, 2.45) is 0 Å². The Morgan fingerprint density at radius 1 is 1.16 bits per heavy atom. The summed E-state index contributed by atoms with van der Waals surface area (Å²) in [5.41, 5.74) is 2.18. The van der Waals surface area contributed by atoms with Gasteiger partial charge in [0.2, 0.25) is 5.88 Å². The average Bonchev–Trinajstić information content (AvgIpc) is 2.85. The highest BCUT2D eigenvalue weighted by molar-refractivity contribution is 5.89. The lowest BCUT2D eigenvalue weighted by molar-refractivity contribution is 0.193. The number of urea groups is 1. The Kier molecular flexibility index (Phi) is 6.46. The molecule has 1 N–H and O–H groups in total. The van der Waals surface area contributed by atoms with Gasteiger partial charge in [-0.2, -0.15) is 5.26 Å². The van der Waals surface area contributed by atoms with Gasteiger partial charge < -0.3 is 19.9 Å². The maximum atomic E-state index is 12.7. The summed E-state index contributed by atoms with van der Waals surface area (Å²) in [6, 6.07) is 16.5. The van der Waals surface area contributed by atoms with Crippen LogP contribution in [0.2, 0.25) is 0 Å². The number of carbonyl (C=O) groups excluding carboxylic acids is 1. The number of benzene rings is 1. The SMILES string of the molecule is CN(C(=O)Nc1ccc(Oc2ccccc2C#N)nc1)C1CCN(c2ccncc2)CC1. The molecule has 3 heterocycles. The molecule has 1 fully saturated rings. The molecule has 0 atom stereocenters. The van der Waals surface area contributed by atoms with Gasteiger partial charge >= 0.3 is 6.03 Å². The van der Waals surface area contributed by atoms with Gasteiger partial charge in [0.05, 0.1) is 17.4 Å². The number of piperidine rings is 1. The van der Waals surface area contributed by atoms with Crippen LogP contribution in [0.3, 0.4) is 0 Å². The highest BCUT2D eigenvalue weighted by Gasteiger charge is 2.25. The van der Waals surface area contributed by atoms with Gasteiger partial charge in [0.1, 0.15) is 11.8 Å². The number of rotatable bonds is 5. The third kappa shape index (κ3) is 4.95. The van der Waals surface area contributed by atoms with Crippen LogP contribution in [0.15, 0.2) is 67.1 Å². The predicted octanol–water partition coefficient (Wildman–Crippen LogP) is 4.27. The molecule has 1 aliphatic heterocycles. The number of hydrogen-bond donors (Lipinski definition) is 1. The number of aromatic nitrogens is 2. The molecule has 0 spiro atoms. The summed E-state index contributed by atoms with van der Waals surface area (Å²) in [7, 11) is 1.83. The zero-order chi connectivity index (χ0) is 22.3. The van der Waals surface area contributed by atoms with Crippen LogP contribution < -0.4 is 15.0 Å². The highest BCUT2D eigenvalue weighted by atomic mass is 16.5. The fourth-order valence-electron chi connectivity index (χ4n) is 3.72. The lowest BCUT2D eigenvalue weighted by atomic mass is 10.0. The van der Waals surface area contributed by atoms with Crippen molar-refractivity contribution in [1.29, 1.82) is 5.26 Å². The van der Waals surface area contributed by atoms with Crippen molar-refractivity contribution < 1.29 is 9.53 Å². The standard InChI is InChI=1S/C24H24N6O2/c1-29(20-10-14-30(15-11-20)21-8-12-26-13-9-21)24(31)28-19-6-7-23(27-17-19)32-22-5-3-2-4-18(22)16-25/h2-9,12-13,17,20H,10-11,14-15H2,1H3,(H,28,31). The summed E-state index contributed by atoms with van der Waals surface area (Å²) >= 11 is 0. The molecule has 0 aliphatic carbocycles. The molecule has 1 saturated heterocycles. The van der Waals surface area contributed by atoms with Crippen LogP contribution in [-0.2, 0) is 0 Å². The van der Waals surface area contributed by atoms with E-state index in [4.69, 9.17) is 10.00 Å². The van der Waals surface area contributed by atoms with Gasteiger partial charge in [0.25, 0.3) is 0 Å². The summed E-state index contributed by atoms with van der Waals surface area (Å²) in [4.78, 5) is 25.1. The number of nitriles is 1. The normalized spacial score (nSPS) is 13.8. The van der Waals surface area contributed by atoms with Crippen molar-refractivity contribution >= 4 is 17.4 Å². The fraction of sp³-hybridized carbons (Fsp3) is 0.250. The van der Waals surface area contributed by atoms with Gasteiger partial charge in [0.15, 0.2) is 0 Å². The highest BCUT2D eigenvalue weighted by Crippen LogP contribution is 2.25. The van der Waals surface area contributed by atoms with Gasteiger partial charge in [0, 0.05) is 50.3 Å². The Bertz CT molecular complexity index is 1090. The third-order valence-electron chi connectivity index (χ3n) is 5.57. The molecule has 0 bridgehead atoms. The number of para-hydroxylation sites is 1. The van der Waals surface area contributed by atoms with E-state index in [9.17, 15) is 4.79 Å². The Morgan fingerprint density at radius 3 is 2.59 bits per heavy atom. The molecule has 162 valence electrons. The van der Waals surface area contributed by atoms with E-state index in [1.807, 2.05) is 19.2 Å². The fourth-order valence-corrected chi connectivity index (χ4v) is 3.72. The molecule has 1 aliphatic rings. The number of amides is 2. The van der Waals surface area contributed by atoms with Crippen LogP contribution in [0.5, 0.6) is 11.6 Å². The number of hydrogen-bond acceptors (Lipinski definition) is 6. The van der Waals surface area contributed by atoms with Gasteiger partial charge in [-0.05, 0) is 43.2 Å². The Labute approximate surface area is 187 Å². The van der Waals surface area contributed by atoms with E-state index in [0.29, 0.717) is 22.9 Å². The van der Waals surface area contributed by atoms with Gasteiger partial charge in [-0.15, -0.1) is 0 Å². The molecule has 4 rings (SSSR count). The second-order valence-corrected chi connectivity index (χ2v) is 7.56. The molecule has 3 aromatic rings. The van der Waals surface area contributed by atoms with Crippen LogP contribution >= 0.6 is 0 Å². The first kappa shape index (κ1) is 21.1. The second kappa shape index (κ2) is 9.79. The van der Waals surface area contributed by atoms with Crippen LogP contribution in [0.25, 0.3) is 0 Å². The summed E-state index contributed by atoms with van der Waals surface area (Å²) in [5, 5.41) is 12.1. The molecular formula is C24H24N6O2. The molecule has 2 aromatic heterocycles. The van der Waals surface area contributed by atoms with E-state index < -0.39 is 0 Å². The topological polar surface area (TPSA) is 94.4 Å². The van der Waals surface area contributed by atoms with Crippen molar-refractivity contribution in [3.63, 3.8) is 0 Å². The van der Waals surface area contributed by atoms with Crippen molar-refractivity contribution in [2.45, 2.75) is 18.9 Å². The van der Waals surface area contributed by atoms with Gasteiger partial charge in [-0.1, -0.05) is 12.1 Å². The molecule has 1 aromatic carbocycles. The van der Waals surface area contributed by atoms with E-state index in [2.05, 4.69) is 26.3 Å². The van der Waals surface area contributed by atoms with E-state index >= 15 is 0 Å². The Morgan fingerprint density at radius 2 is 1.91 bits per heavy atom. The minimum Gasteiger partial charge on any atom is -0.438 e. The smallest absolute Gasteiger partial charge is 0.321 e. The Hall–Kier alpha value is -4.12. The molecule has 8 nitrogen and oxygen atoms in total. The van der Waals surface area contributed by atoms with Crippen LogP contribution in [0, 0.1) is 11.3 Å². The zero-order valence-electron chi connectivity index (χ0n) is 17.8. The van der Waals surface area contributed by atoms with E-state index in [1.54, 1.807) is 59.9 Å². The number of pyridine rings is 2. The van der Waals surface area contributed by atoms with E-state index in [-0.39, 0.29) is 12.1 Å². The molecule has 8 heteroatoms. The first-order chi connectivity index (χ1) is 15.6. The lowest BCUT2D eigenvalue weighted by Gasteiger charge is -2.37. The maximum Gasteiger partial charge on any atom is 0.321 e. The largest absolute Gasteiger partial charge is 0.438 e. The van der Waals surface area contributed by atoms with Crippen molar-refractivity contribution in [3.05, 3.63) is 72.7 Å². The third-order valence-corrected chi connectivity index (χ3v) is 5.57. The summed E-state index contributed by atoms with van der Waals surface area (Å²) in [5.74, 6) is 0.791. The lowest BCUT2D eigenvalue weighted by Crippen LogP contribution is -2.47. The monoisotopic (exact) mass is 428 g/mol. The Balaban J connectivity index is 1.30. The number of nitrogens with zero attached hydrogens (tertiary/aromatic N) is 5. The molecule has 0 unspecified atom stereocenters. The van der Waals surface area contributed by atoms with Crippen LogP contribution in [0.1, 0.15) is 18.4 Å². The van der Waals surface area contributed by atoms with Crippen molar-refractivity contribution in [2.75, 3.05) is 30.4 Å². The predicted molar refractivity (Wildman–Crippen MR) is 122 cm³/mol. The first-order valence-corrected chi connectivity index (χ1v) is 10.5. The second-order valence-electron chi connectivity index (χ2n) is 7.56. The van der Waals surface area contributed by atoms with E-state index in [0.717, 1.165) is 31.6 Å². The van der Waals surface area contributed by atoms with E-state index in [1.165, 1.54) is 0 Å². The van der Waals surface area contributed by atoms with Crippen molar-refractivity contribution in [1.82, 2.24) is 14.9 Å². The summed E-state index contributed by atoms with van der Waals surface area (Å²) in [6.45, 7) is 1.79. The number of anilines is 2. The average molecular weight is 428 g/mol. The van der Waals surface area contributed by atoms with Gasteiger partial charge in [-0.25, -0.2) is 9.78 Å². The quantitative estimate of drug-likeness (QED) is 0.652. The summed E-state index contributed by atoms with van der Waals surface area (Å²) in [6.07, 6.45) is 6.94.